The minimum absolute atomic E-state index is 0.217. The van der Waals surface area contributed by atoms with E-state index in [1.54, 1.807) is 53.4 Å². The molecule has 216 valence electrons. The molecule has 0 radical (unpaired) electrons. The van der Waals surface area contributed by atoms with E-state index in [0.29, 0.717) is 37.7 Å². The number of halogens is 1. The number of aliphatic carboxylic acids is 1. The lowest BCUT2D eigenvalue weighted by Gasteiger charge is -2.17. The standard InChI is InChI=1S/C30H32ClN3O5S2/c31-20-12-11-13-21(18-20)32-24(35)19-34-23-15-9-8-14-22(23)26(28(34)38)27-29(39)33(30(40)41-27)17-10-6-4-2-1-3-5-7-16-25(36)37/h8-9,11-15,18H,1-7,10,16-17,19H2,(H,32,35)(H,36,37)/b27-26-. The molecule has 0 atom stereocenters. The highest BCUT2D eigenvalue weighted by atomic mass is 35.5. The van der Waals surface area contributed by atoms with Crippen molar-refractivity contribution in [1.82, 2.24) is 4.90 Å². The van der Waals surface area contributed by atoms with E-state index >= 15 is 0 Å². The van der Waals surface area contributed by atoms with Crippen LogP contribution in [0.1, 0.15) is 63.4 Å². The molecule has 0 bridgehead atoms. The Morgan fingerprint density at radius 3 is 2.27 bits per heavy atom. The molecule has 2 aliphatic heterocycles. The van der Waals surface area contributed by atoms with Crippen LogP contribution >= 0.6 is 35.6 Å². The molecule has 2 aromatic carbocycles. The van der Waals surface area contributed by atoms with Gasteiger partial charge in [0.1, 0.15) is 10.9 Å². The Bertz CT molecular complexity index is 1380. The van der Waals surface area contributed by atoms with Gasteiger partial charge in [-0.05, 0) is 37.1 Å². The van der Waals surface area contributed by atoms with Gasteiger partial charge in [-0.15, -0.1) is 0 Å². The third-order valence-corrected chi connectivity index (χ3v) is 8.62. The molecular formula is C30H32ClN3O5S2. The van der Waals surface area contributed by atoms with Gasteiger partial charge >= 0.3 is 5.97 Å². The van der Waals surface area contributed by atoms with Gasteiger partial charge in [-0.3, -0.25) is 29.0 Å². The zero-order valence-electron chi connectivity index (χ0n) is 22.6. The SMILES string of the molecule is O=C(O)CCCCCCCCCCN1C(=O)/C(=C2/C(=O)N(CC(=O)Nc3cccc(Cl)c3)c3ccccc32)SC1=S. The number of hydrogen-bond acceptors (Lipinski definition) is 6. The maximum atomic E-state index is 13.6. The highest BCUT2D eigenvalue weighted by molar-refractivity contribution is 8.26. The number of carboxylic acid groups (broad SMARTS) is 1. The first-order valence-electron chi connectivity index (χ1n) is 13.7. The lowest BCUT2D eigenvalue weighted by Crippen LogP contribution is -2.35. The number of unbranched alkanes of at least 4 members (excludes halogenated alkanes) is 7. The van der Waals surface area contributed by atoms with Gasteiger partial charge in [0.05, 0.1) is 16.2 Å². The fourth-order valence-corrected chi connectivity index (χ4v) is 6.49. The Hall–Kier alpha value is -3.21. The summed E-state index contributed by atoms with van der Waals surface area (Å²) in [6.07, 6.45) is 7.85. The van der Waals surface area contributed by atoms with Crippen LogP contribution in [0.15, 0.2) is 53.4 Å². The molecule has 0 saturated carbocycles. The highest BCUT2D eigenvalue weighted by Crippen LogP contribution is 2.44. The van der Waals surface area contributed by atoms with Gasteiger partial charge < -0.3 is 10.4 Å². The number of thioether (sulfide) groups is 1. The van der Waals surface area contributed by atoms with Crippen LogP contribution in [0.4, 0.5) is 11.4 Å². The number of para-hydroxylation sites is 1. The summed E-state index contributed by atoms with van der Waals surface area (Å²) in [7, 11) is 0. The quantitative estimate of drug-likeness (QED) is 0.142. The van der Waals surface area contributed by atoms with E-state index in [1.165, 1.54) is 4.90 Å². The molecule has 1 fully saturated rings. The number of nitrogens with one attached hydrogen (secondary N) is 1. The van der Waals surface area contributed by atoms with Gasteiger partial charge in [-0.25, -0.2) is 0 Å². The molecule has 0 aromatic heterocycles. The molecular weight excluding hydrogens is 582 g/mol. The van der Waals surface area contributed by atoms with Crippen LogP contribution < -0.4 is 10.2 Å². The Labute approximate surface area is 254 Å². The third-order valence-electron chi connectivity index (χ3n) is 6.93. The van der Waals surface area contributed by atoms with Crippen molar-refractivity contribution in [2.45, 2.75) is 57.8 Å². The fraction of sp³-hybridized carbons (Fsp3) is 0.367. The smallest absolute Gasteiger partial charge is 0.303 e. The summed E-state index contributed by atoms with van der Waals surface area (Å²) < 4.78 is 0.429. The lowest BCUT2D eigenvalue weighted by atomic mass is 10.1. The summed E-state index contributed by atoms with van der Waals surface area (Å²) in [5.74, 6) is -1.81. The van der Waals surface area contributed by atoms with E-state index in [2.05, 4.69) is 5.32 Å². The molecule has 2 heterocycles. The van der Waals surface area contributed by atoms with Crippen molar-refractivity contribution >= 4 is 80.5 Å². The first kappa shape index (κ1) is 30.7. The second kappa shape index (κ2) is 14.6. The summed E-state index contributed by atoms with van der Waals surface area (Å²) in [5.41, 5.74) is 1.98. The molecule has 3 amide bonds. The molecule has 2 aromatic rings. The minimum atomic E-state index is -0.743. The molecule has 0 spiro atoms. The second-order valence-electron chi connectivity index (χ2n) is 9.97. The Balaban J connectivity index is 1.35. The van der Waals surface area contributed by atoms with Crippen LogP contribution in [0, 0.1) is 0 Å². The van der Waals surface area contributed by atoms with Crippen LogP contribution in [-0.2, 0) is 19.2 Å². The van der Waals surface area contributed by atoms with Crippen molar-refractivity contribution in [3.05, 3.63) is 64.0 Å². The lowest BCUT2D eigenvalue weighted by molar-refractivity contribution is -0.137. The van der Waals surface area contributed by atoms with Gasteiger partial charge in [0.25, 0.3) is 11.8 Å². The largest absolute Gasteiger partial charge is 0.481 e. The topological polar surface area (TPSA) is 107 Å². The number of rotatable bonds is 14. The van der Waals surface area contributed by atoms with Crippen molar-refractivity contribution < 1.29 is 24.3 Å². The van der Waals surface area contributed by atoms with Crippen molar-refractivity contribution in [3.8, 4) is 0 Å². The predicted molar refractivity (Wildman–Crippen MR) is 167 cm³/mol. The summed E-state index contributed by atoms with van der Waals surface area (Å²) in [6.45, 7) is 0.271. The minimum Gasteiger partial charge on any atom is -0.481 e. The normalized spacial score (nSPS) is 16.5. The summed E-state index contributed by atoms with van der Waals surface area (Å²) in [5, 5.41) is 11.9. The van der Waals surface area contributed by atoms with Crippen molar-refractivity contribution in [2.24, 2.45) is 0 Å². The second-order valence-corrected chi connectivity index (χ2v) is 12.0. The number of thiocarbonyl (C=S) groups is 1. The number of fused-ring (bicyclic) bond motifs is 1. The highest BCUT2D eigenvalue weighted by Gasteiger charge is 2.42. The third kappa shape index (κ3) is 7.96. The van der Waals surface area contributed by atoms with E-state index in [1.807, 2.05) is 0 Å². The van der Waals surface area contributed by atoms with Gasteiger partial charge in [-0.1, -0.05) is 98.4 Å². The number of carbonyl (C=O) groups is 4. The van der Waals surface area contributed by atoms with E-state index in [-0.39, 0.29) is 30.4 Å². The van der Waals surface area contributed by atoms with E-state index < -0.39 is 11.9 Å². The predicted octanol–water partition coefficient (Wildman–Crippen LogP) is 6.49. The summed E-state index contributed by atoms with van der Waals surface area (Å²) in [4.78, 5) is 53.7. The van der Waals surface area contributed by atoms with Crippen LogP contribution in [0.25, 0.3) is 5.57 Å². The molecule has 11 heteroatoms. The number of amides is 3. The van der Waals surface area contributed by atoms with Gasteiger partial charge in [0.2, 0.25) is 5.91 Å². The van der Waals surface area contributed by atoms with E-state index in [9.17, 15) is 19.2 Å². The Kier molecular flexibility index (Phi) is 11.0. The zero-order valence-corrected chi connectivity index (χ0v) is 25.0. The van der Waals surface area contributed by atoms with Gasteiger partial charge in [0.15, 0.2) is 0 Å². The van der Waals surface area contributed by atoms with Crippen molar-refractivity contribution in [1.29, 1.82) is 0 Å². The van der Waals surface area contributed by atoms with Crippen LogP contribution in [0.3, 0.4) is 0 Å². The molecule has 2 N–H and O–H groups in total. The molecule has 8 nitrogen and oxygen atoms in total. The van der Waals surface area contributed by atoms with E-state index in [4.69, 9.17) is 28.9 Å². The molecule has 0 unspecified atom stereocenters. The average Bonchev–Trinajstić information content (AvgIpc) is 3.36. The first-order chi connectivity index (χ1) is 19.8. The maximum Gasteiger partial charge on any atom is 0.303 e. The molecule has 0 aliphatic carbocycles. The number of anilines is 2. The van der Waals surface area contributed by atoms with Gasteiger partial charge in [-0.2, -0.15) is 0 Å². The fourth-order valence-electron chi connectivity index (χ4n) is 4.92. The number of nitrogens with zero attached hydrogens (tertiary/aromatic N) is 2. The number of benzene rings is 2. The van der Waals surface area contributed by atoms with Gasteiger partial charge in [0, 0.05) is 29.2 Å². The summed E-state index contributed by atoms with van der Waals surface area (Å²) >= 11 is 12.7. The van der Waals surface area contributed by atoms with Crippen molar-refractivity contribution in [3.63, 3.8) is 0 Å². The van der Waals surface area contributed by atoms with Crippen molar-refractivity contribution in [2.75, 3.05) is 23.3 Å². The Morgan fingerprint density at radius 2 is 1.56 bits per heavy atom. The first-order valence-corrected chi connectivity index (χ1v) is 15.3. The average molecular weight is 614 g/mol. The van der Waals surface area contributed by atoms with Crippen LogP contribution in [0.5, 0.6) is 0 Å². The molecule has 1 saturated heterocycles. The molecule has 4 rings (SSSR count). The van der Waals surface area contributed by atoms with Crippen LogP contribution in [0.2, 0.25) is 5.02 Å². The molecule has 2 aliphatic rings. The Morgan fingerprint density at radius 1 is 0.878 bits per heavy atom. The number of carbonyl (C=O) groups excluding carboxylic acids is 3. The van der Waals surface area contributed by atoms with E-state index in [0.717, 1.165) is 63.1 Å². The zero-order chi connectivity index (χ0) is 29.4. The number of carboxylic acids is 1. The summed E-state index contributed by atoms with van der Waals surface area (Å²) in [6, 6.07) is 13.9. The number of hydrogen-bond donors (Lipinski definition) is 2. The molecule has 41 heavy (non-hydrogen) atoms. The van der Waals surface area contributed by atoms with Crippen LogP contribution in [-0.4, -0.2) is 51.1 Å². The maximum absolute atomic E-state index is 13.6. The monoisotopic (exact) mass is 613 g/mol.